The van der Waals surface area contributed by atoms with E-state index in [4.69, 9.17) is 0 Å². The lowest BCUT2D eigenvalue weighted by molar-refractivity contribution is 0.519. The molecule has 1 aliphatic heterocycles. The molecular weight excluding hydrogens is 206 g/mol. The van der Waals surface area contributed by atoms with E-state index >= 15 is 0 Å². The first-order valence-corrected chi connectivity index (χ1v) is 6.78. The summed E-state index contributed by atoms with van der Waals surface area (Å²) in [6.45, 7) is 2.92. The van der Waals surface area contributed by atoms with Gasteiger partial charge in [-0.2, -0.15) is 0 Å². The Kier molecular flexibility index (Phi) is 3.54. The van der Waals surface area contributed by atoms with Crippen molar-refractivity contribution in [2.24, 2.45) is 0 Å². The third kappa shape index (κ3) is 2.89. The van der Waals surface area contributed by atoms with Crippen LogP contribution < -0.4 is 5.32 Å². The summed E-state index contributed by atoms with van der Waals surface area (Å²) in [5, 5.41) is 3.76. The second-order valence-electron chi connectivity index (χ2n) is 4.15. The van der Waals surface area contributed by atoms with Crippen molar-refractivity contribution in [3.8, 4) is 0 Å². The van der Waals surface area contributed by atoms with Crippen LogP contribution in [0.3, 0.4) is 0 Å². The van der Waals surface area contributed by atoms with E-state index in [1.54, 1.807) is 0 Å². The summed E-state index contributed by atoms with van der Waals surface area (Å²) in [6.07, 6.45) is 0.985. The average molecular weight is 223 g/mol. The molecule has 1 aliphatic rings. The van der Waals surface area contributed by atoms with Gasteiger partial charge in [-0.3, -0.25) is 4.21 Å². The van der Waals surface area contributed by atoms with Gasteiger partial charge in [0.2, 0.25) is 0 Å². The fourth-order valence-electron chi connectivity index (χ4n) is 1.88. The first kappa shape index (κ1) is 10.8. The summed E-state index contributed by atoms with van der Waals surface area (Å²) >= 11 is 0. The van der Waals surface area contributed by atoms with E-state index in [1.165, 1.54) is 5.56 Å². The zero-order chi connectivity index (χ0) is 10.7. The van der Waals surface area contributed by atoms with Crippen molar-refractivity contribution >= 4 is 10.8 Å². The summed E-state index contributed by atoms with van der Waals surface area (Å²) < 4.78 is 11.7. The molecule has 15 heavy (non-hydrogen) atoms. The standard InChI is InChI=1S/C12H17NOS/c1-10-8-13-12(9-15(10)14)7-11-5-3-2-4-6-11/h2-6,10,12-13H,7-9H2,1H3. The molecule has 1 N–H and O–H groups in total. The van der Waals surface area contributed by atoms with Crippen molar-refractivity contribution in [1.29, 1.82) is 0 Å². The molecule has 3 heteroatoms. The van der Waals surface area contributed by atoms with Crippen LogP contribution >= 0.6 is 0 Å². The first-order chi connectivity index (χ1) is 7.25. The van der Waals surface area contributed by atoms with Crippen molar-refractivity contribution in [1.82, 2.24) is 5.32 Å². The van der Waals surface area contributed by atoms with Crippen molar-refractivity contribution in [3.05, 3.63) is 35.9 Å². The molecule has 0 radical (unpaired) electrons. The average Bonchev–Trinajstić information content (AvgIpc) is 2.25. The Hall–Kier alpha value is -0.670. The Balaban J connectivity index is 1.94. The maximum absolute atomic E-state index is 11.7. The molecule has 0 aromatic heterocycles. The van der Waals surface area contributed by atoms with Gasteiger partial charge in [0.05, 0.1) is 0 Å². The topological polar surface area (TPSA) is 29.1 Å². The van der Waals surface area contributed by atoms with E-state index in [9.17, 15) is 4.21 Å². The fourth-order valence-corrected chi connectivity index (χ4v) is 3.12. The number of rotatable bonds is 2. The molecule has 1 fully saturated rings. The molecule has 2 nitrogen and oxygen atoms in total. The van der Waals surface area contributed by atoms with E-state index in [2.05, 4.69) is 29.6 Å². The minimum absolute atomic E-state index is 0.303. The molecule has 82 valence electrons. The minimum atomic E-state index is -0.651. The Labute approximate surface area is 93.5 Å². The molecule has 0 saturated carbocycles. The van der Waals surface area contributed by atoms with Crippen LogP contribution in [0.2, 0.25) is 0 Å². The lowest BCUT2D eigenvalue weighted by Gasteiger charge is -2.27. The van der Waals surface area contributed by atoms with E-state index < -0.39 is 10.8 Å². The van der Waals surface area contributed by atoms with Crippen LogP contribution in [0.25, 0.3) is 0 Å². The highest BCUT2D eigenvalue weighted by atomic mass is 32.2. The SMILES string of the molecule is CC1CNC(Cc2ccccc2)CS1=O. The van der Waals surface area contributed by atoms with Gasteiger partial charge < -0.3 is 5.32 Å². The van der Waals surface area contributed by atoms with E-state index in [0.29, 0.717) is 11.3 Å². The maximum Gasteiger partial charge on any atom is 0.0445 e. The van der Waals surface area contributed by atoms with Crippen molar-refractivity contribution in [2.75, 3.05) is 12.3 Å². The lowest BCUT2D eigenvalue weighted by atomic mass is 10.1. The number of benzene rings is 1. The van der Waals surface area contributed by atoms with Crippen LogP contribution in [-0.4, -0.2) is 27.8 Å². The molecule has 1 aromatic rings. The number of hydrogen-bond acceptors (Lipinski definition) is 2. The highest BCUT2D eigenvalue weighted by molar-refractivity contribution is 7.85. The van der Waals surface area contributed by atoms with Crippen molar-refractivity contribution in [3.63, 3.8) is 0 Å². The Morgan fingerprint density at radius 2 is 2.13 bits per heavy atom. The van der Waals surface area contributed by atoms with Crippen LogP contribution in [0.15, 0.2) is 30.3 Å². The molecule has 3 atom stereocenters. The smallest absolute Gasteiger partial charge is 0.0445 e. The van der Waals surface area contributed by atoms with Gasteiger partial charge in [0.25, 0.3) is 0 Å². The van der Waals surface area contributed by atoms with E-state index in [-0.39, 0.29) is 0 Å². The van der Waals surface area contributed by atoms with Gasteiger partial charge in [-0.25, -0.2) is 0 Å². The number of hydrogen-bond donors (Lipinski definition) is 1. The van der Waals surface area contributed by atoms with Gasteiger partial charge in [-0.05, 0) is 18.9 Å². The van der Waals surface area contributed by atoms with Crippen LogP contribution in [0.1, 0.15) is 12.5 Å². The van der Waals surface area contributed by atoms with Crippen molar-refractivity contribution < 1.29 is 4.21 Å². The Morgan fingerprint density at radius 1 is 1.40 bits per heavy atom. The minimum Gasteiger partial charge on any atom is -0.312 e. The largest absolute Gasteiger partial charge is 0.312 e. The summed E-state index contributed by atoms with van der Waals surface area (Å²) in [4.78, 5) is 0. The van der Waals surface area contributed by atoms with Crippen LogP contribution in [0.5, 0.6) is 0 Å². The van der Waals surface area contributed by atoms with Gasteiger partial charge in [0.15, 0.2) is 0 Å². The lowest BCUT2D eigenvalue weighted by Crippen LogP contribution is -2.47. The normalized spacial score (nSPS) is 31.4. The van der Waals surface area contributed by atoms with Gasteiger partial charge >= 0.3 is 0 Å². The maximum atomic E-state index is 11.7. The zero-order valence-corrected chi connectivity index (χ0v) is 9.80. The number of nitrogens with one attached hydrogen (secondary N) is 1. The highest BCUT2D eigenvalue weighted by Crippen LogP contribution is 2.10. The third-order valence-corrected chi connectivity index (χ3v) is 4.63. The van der Waals surface area contributed by atoms with Gasteiger partial charge in [-0.1, -0.05) is 30.3 Å². The van der Waals surface area contributed by atoms with E-state index in [0.717, 1.165) is 18.7 Å². The summed E-state index contributed by atoms with van der Waals surface area (Å²) in [7, 11) is -0.651. The summed E-state index contributed by atoms with van der Waals surface area (Å²) in [5.74, 6) is 0.788. The molecule has 2 rings (SSSR count). The molecule has 1 saturated heterocycles. The summed E-state index contributed by atoms with van der Waals surface area (Å²) in [6, 6.07) is 10.8. The third-order valence-electron chi connectivity index (χ3n) is 2.83. The van der Waals surface area contributed by atoms with Crippen LogP contribution in [0, 0.1) is 0 Å². The molecule has 1 aromatic carbocycles. The zero-order valence-electron chi connectivity index (χ0n) is 8.98. The van der Waals surface area contributed by atoms with Crippen molar-refractivity contribution in [2.45, 2.75) is 24.6 Å². The van der Waals surface area contributed by atoms with Gasteiger partial charge in [0.1, 0.15) is 0 Å². The monoisotopic (exact) mass is 223 g/mol. The Bertz CT molecular complexity index is 339. The molecule has 3 unspecified atom stereocenters. The molecule has 0 spiro atoms. The Morgan fingerprint density at radius 3 is 2.80 bits per heavy atom. The molecule has 1 heterocycles. The first-order valence-electron chi connectivity index (χ1n) is 5.40. The van der Waals surface area contributed by atoms with Crippen LogP contribution in [-0.2, 0) is 17.2 Å². The molecule has 0 amide bonds. The molecule has 0 aliphatic carbocycles. The fraction of sp³-hybridized carbons (Fsp3) is 0.500. The predicted octanol–water partition coefficient (Wildman–Crippen LogP) is 1.34. The molecule has 0 bridgehead atoms. The van der Waals surface area contributed by atoms with Gasteiger partial charge in [0, 0.05) is 34.4 Å². The second kappa shape index (κ2) is 4.90. The molecular formula is C12H17NOS. The van der Waals surface area contributed by atoms with E-state index in [1.807, 2.05) is 13.0 Å². The second-order valence-corrected chi connectivity index (χ2v) is 6.05. The quantitative estimate of drug-likeness (QED) is 0.820. The van der Waals surface area contributed by atoms with Crippen LogP contribution in [0.4, 0.5) is 0 Å². The highest BCUT2D eigenvalue weighted by Gasteiger charge is 2.23. The summed E-state index contributed by atoms with van der Waals surface area (Å²) in [5.41, 5.74) is 1.32. The van der Waals surface area contributed by atoms with Gasteiger partial charge in [-0.15, -0.1) is 0 Å². The predicted molar refractivity (Wildman–Crippen MR) is 64.4 cm³/mol.